The zero-order valence-electron chi connectivity index (χ0n) is 12.0. The molecule has 1 atom stereocenters. The highest BCUT2D eigenvalue weighted by molar-refractivity contribution is 6.21. The maximum atomic E-state index is 12.2. The van der Waals surface area contributed by atoms with Crippen LogP contribution in [0.2, 0.25) is 0 Å². The highest BCUT2D eigenvalue weighted by Gasteiger charge is 2.35. The monoisotopic (exact) mass is 290 g/mol. The first-order chi connectivity index (χ1) is 9.90. The third kappa shape index (κ3) is 3.28. The molecule has 0 saturated carbocycles. The van der Waals surface area contributed by atoms with Crippen molar-refractivity contribution in [3.05, 3.63) is 34.9 Å². The van der Waals surface area contributed by atoms with Gasteiger partial charge in [0.2, 0.25) is 5.91 Å². The Bertz CT molecular complexity index is 595. The number of nitrogens with one attached hydrogen (secondary N) is 1. The Balaban J connectivity index is 1.99. The molecule has 0 bridgehead atoms. The van der Waals surface area contributed by atoms with Gasteiger partial charge in [0.25, 0.3) is 11.8 Å². The number of carbonyl (C=O) groups excluding carboxylic acids is 3. The summed E-state index contributed by atoms with van der Waals surface area (Å²) in [5.41, 5.74) is 1.69. The number of aryl methyl sites for hydroxylation is 1. The van der Waals surface area contributed by atoms with Crippen LogP contribution in [0.1, 0.15) is 39.6 Å². The molecule has 1 aliphatic rings. The molecule has 0 fully saturated rings. The molecule has 1 aromatic carbocycles. The smallest absolute Gasteiger partial charge is 0.261 e. The largest absolute Gasteiger partial charge is 0.392 e. The van der Waals surface area contributed by atoms with Crippen LogP contribution in [-0.2, 0) is 4.79 Å². The van der Waals surface area contributed by atoms with Gasteiger partial charge >= 0.3 is 0 Å². The minimum absolute atomic E-state index is 0.0250. The summed E-state index contributed by atoms with van der Waals surface area (Å²) in [6.07, 6.45) is -0.604. The summed E-state index contributed by atoms with van der Waals surface area (Å²) in [7, 11) is 0. The SMILES string of the molecule is Cc1ccc2c(c1)C(=O)N(CCC(=O)NCC(C)O)C2=O. The van der Waals surface area contributed by atoms with Crippen molar-refractivity contribution in [1.29, 1.82) is 0 Å². The second kappa shape index (κ2) is 6.05. The number of imide groups is 1. The number of carbonyl (C=O) groups is 3. The van der Waals surface area contributed by atoms with Crippen LogP contribution in [0.3, 0.4) is 0 Å². The van der Waals surface area contributed by atoms with Crippen molar-refractivity contribution in [1.82, 2.24) is 10.2 Å². The van der Waals surface area contributed by atoms with Gasteiger partial charge in [-0.15, -0.1) is 0 Å². The van der Waals surface area contributed by atoms with Gasteiger partial charge in [0.05, 0.1) is 17.2 Å². The molecule has 3 amide bonds. The third-order valence-electron chi connectivity index (χ3n) is 3.28. The van der Waals surface area contributed by atoms with Gasteiger partial charge in [0.1, 0.15) is 0 Å². The lowest BCUT2D eigenvalue weighted by molar-refractivity contribution is -0.121. The summed E-state index contributed by atoms with van der Waals surface area (Å²) >= 11 is 0. The molecular formula is C15H18N2O4. The quantitative estimate of drug-likeness (QED) is 0.772. The molecule has 1 aliphatic heterocycles. The maximum absolute atomic E-state index is 12.2. The lowest BCUT2D eigenvalue weighted by Gasteiger charge is -2.13. The molecular weight excluding hydrogens is 272 g/mol. The van der Waals surface area contributed by atoms with Crippen LogP contribution in [0.5, 0.6) is 0 Å². The topological polar surface area (TPSA) is 86.7 Å². The first kappa shape index (κ1) is 15.2. The summed E-state index contributed by atoms with van der Waals surface area (Å²) in [5, 5.41) is 11.6. The van der Waals surface area contributed by atoms with Crippen molar-refractivity contribution in [3.63, 3.8) is 0 Å². The van der Waals surface area contributed by atoms with E-state index in [0.29, 0.717) is 11.1 Å². The second-order valence-corrected chi connectivity index (χ2v) is 5.21. The Hall–Kier alpha value is -2.21. The minimum Gasteiger partial charge on any atom is -0.392 e. The van der Waals surface area contributed by atoms with Gasteiger partial charge in [-0.3, -0.25) is 19.3 Å². The van der Waals surface area contributed by atoms with Crippen LogP contribution in [0.4, 0.5) is 0 Å². The summed E-state index contributed by atoms with van der Waals surface area (Å²) in [5.74, 6) is -1.02. The summed E-state index contributed by atoms with van der Waals surface area (Å²) < 4.78 is 0. The maximum Gasteiger partial charge on any atom is 0.261 e. The number of hydrogen-bond acceptors (Lipinski definition) is 4. The van der Waals surface area contributed by atoms with Gasteiger partial charge in [-0.05, 0) is 26.0 Å². The molecule has 1 aromatic rings. The van der Waals surface area contributed by atoms with Crippen molar-refractivity contribution in [2.24, 2.45) is 0 Å². The van der Waals surface area contributed by atoms with E-state index in [1.807, 2.05) is 6.92 Å². The third-order valence-corrected chi connectivity index (χ3v) is 3.28. The molecule has 6 nitrogen and oxygen atoms in total. The van der Waals surface area contributed by atoms with Crippen LogP contribution < -0.4 is 5.32 Å². The zero-order valence-corrected chi connectivity index (χ0v) is 12.0. The molecule has 0 aliphatic carbocycles. The predicted octanol–water partition coefficient (Wildman–Crippen LogP) is 0.478. The Morgan fingerprint density at radius 1 is 1.29 bits per heavy atom. The summed E-state index contributed by atoms with van der Waals surface area (Å²) in [6, 6.07) is 5.10. The van der Waals surface area contributed by atoms with Crippen LogP contribution in [0.15, 0.2) is 18.2 Å². The number of fused-ring (bicyclic) bond motifs is 1. The molecule has 112 valence electrons. The first-order valence-corrected chi connectivity index (χ1v) is 6.81. The van der Waals surface area contributed by atoms with Crippen LogP contribution in [0.25, 0.3) is 0 Å². The standard InChI is InChI=1S/C15H18N2O4/c1-9-3-4-11-12(7-9)15(21)17(14(11)20)6-5-13(19)16-8-10(2)18/h3-4,7,10,18H,5-6,8H2,1-2H3,(H,16,19). The lowest BCUT2D eigenvalue weighted by atomic mass is 10.1. The van der Waals surface area contributed by atoms with Gasteiger partial charge in [0.15, 0.2) is 0 Å². The van der Waals surface area contributed by atoms with Crippen molar-refractivity contribution < 1.29 is 19.5 Å². The molecule has 2 N–H and O–H groups in total. The Labute approximate surface area is 122 Å². The van der Waals surface area contributed by atoms with E-state index in [9.17, 15) is 14.4 Å². The Morgan fingerprint density at radius 2 is 1.95 bits per heavy atom. The lowest BCUT2D eigenvalue weighted by Crippen LogP contribution is -2.36. The number of hydrogen-bond donors (Lipinski definition) is 2. The molecule has 0 spiro atoms. The number of aliphatic hydroxyl groups is 1. The minimum atomic E-state index is -0.628. The molecule has 0 aromatic heterocycles. The van der Waals surface area contributed by atoms with Crippen LogP contribution in [-0.4, -0.2) is 46.9 Å². The van der Waals surface area contributed by atoms with Crippen LogP contribution in [0, 0.1) is 6.92 Å². The van der Waals surface area contributed by atoms with Crippen LogP contribution >= 0.6 is 0 Å². The summed E-state index contributed by atoms with van der Waals surface area (Å²) in [4.78, 5) is 37.0. The fourth-order valence-electron chi connectivity index (χ4n) is 2.17. The van der Waals surface area contributed by atoms with E-state index in [-0.39, 0.29) is 37.2 Å². The summed E-state index contributed by atoms with van der Waals surface area (Å²) in [6.45, 7) is 3.61. The van der Waals surface area contributed by atoms with E-state index in [1.54, 1.807) is 25.1 Å². The molecule has 1 unspecified atom stereocenters. The predicted molar refractivity (Wildman–Crippen MR) is 75.9 cm³/mol. The fourth-order valence-corrected chi connectivity index (χ4v) is 2.17. The molecule has 6 heteroatoms. The van der Waals surface area contributed by atoms with Gasteiger partial charge in [0, 0.05) is 19.5 Å². The Morgan fingerprint density at radius 3 is 2.62 bits per heavy atom. The number of aliphatic hydroxyl groups excluding tert-OH is 1. The van der Waals surface area contributed by atoms with E-state index in [4.69, 9.17) is 5.11 Å². The van der Waals surface area contributed by atoms with E-state index in [0.717, 1.165) is 10.5 Å². The number of nitrogens with zero attached hydrogens (tertiary/aromatic N) is 1. The van der Waals surface area contributed by atoms with Crippen molar-refractivity contribution in [2.75, 3.05) is 13.1 Å². The molecule has 2 rings (SSSR count). The van der Waals surface area contributed by atoms with E-state index in [2.05, 4.69) is 5.32 Å². The van der Waals surface area contributed by atoms with E-state index >= 15 is 0 Å². The van der Waals surface area contributed by atoms with Crippen molar-refractivity contribution >= 4 is 17.7 Å². The second-order valence-electron chi connectivity index (χ2n) is 5.21. The first-order valence-electron chi connectivity index (χ1n) is 6.81. The number of rotatable bonds is 5. The molecule has 21 heavy (non-hydrogen) atoms. The highest BCUT2D eigenvalue weighted by atomic mass is 16.3. The van der Waals surface area contributed by atoms with Gasteiger partial charge < -0.3 is 10.4 Å². The van der Waals surface area contributed by atoms with Gasteiger partial charge in [-0.1, -0.05) is 11.6 Å². The van der Waals surface area contributed by atoms with E-state index in [1.165, 1.54) is 0 Å². The fraction of sp³-hybridized carbons (Fsp3) is 0.400. The highest BCUT2D eigenvalue weighted by Crippen LogP contribution is 2.23. The molecule has 0 radical (unpaired) electrons. The molecule has 1 heterocycles. The molecule has 0 saturated heterocycles. The average molecular weight is 290 g/mol. The number of benzene rings is 1. The van der Waals surface area contributed by atoms with Crippen molar-refractivity contribution in [3.8, 4) is 0 Å². The van der Waals surface area contributed by atoms with Crippen molar-refractivity contribution in [2.45, 2.75) is 26.4 Å². The zero-order chi connectivity index (χ0) is 15.6. The van der Waals surface area contributed by atoms with Gasteiger partial charge in [-0.25, -0.2) is 0 Å². The number of amides is 3. The van der Waals surface area contributed by atoms with E-state index < -0.39 is 6.10 Å². The van der Waals surface area contributed by atoms with Gasteiger partial charge in [-0.2, -0.15) is 0 Å². The normalized spacial score (nSPS) is 15.1. The Kier molecular flexibility index (Phi) is 4.37. The average Bonchev–Trinajstić information content (AvgIpc) is 2.66.